The summed E-state index contributed by atoms with van der Waals surface area (Å²) in [6.07, 6.45) is 1.39. The van der Waals surface area contributed by atoms with Gasteiger partial charge in [-0.3, -0.25) is 4.79 Å². The van der Waals surface area contributed by atoms with E-state index in [1.54, 1.807) is 0 Å². The minimum atomic E-state index is -0.118. The van der Waals surface area contributed by atoms with Crippen LogP contribution >= 0.6 is 67.8 Å². The SMILES string of the molecule is CC[C@@H](Cc1c(I)cc(I)c(O)c1I)C(=O)N[C@@H](C)c1ccccc1. The van der Waals surface area contributed by atoms with E-state index in [1.165, 1.54) is 0 Å². The second kappa shape index (κ2) is 9.72. The molecule has 0 aliphatic carbocycles. The Morgan fingerprint density at radius 2 is 1.80 bits per heavy atom. The molecule has 2 aromatic carbocycles. The first-order valence-corrected chi connectivity index (χ1v) is 11.3. The summed E-state index contributed by atoms with van der Waals surface area (Å²) in [6.45, 7) is 4.04. The number of carbonyl (C=O) groups is 1. The van der Waals surface area contributed by atoms with Gasteiger partial charge in [-0.2, -0.15) is 0 Å². The van der Waals surface area contributed by atoms with E-state index in [2.05, 4.69) is 73.1 Å². The molecule has 0 spiro atoms. The minimum absolute atomic E-state index is 0.0222. The van der Waals surface area contributed by atoms with Crippen molar-refractivity contribution in [1.29, 1.82) is 0 Å². The number of halogens is 3. The molecule has 2 atom stereocenters. The number of phenolic OH excluding ortho intramolecular Hbond substituents is 1. The maximum absolute atomic E-state index is 12.8. The van der Waals surface area contributed by atoms with E-state index in [-0.39, 0.29) is 17.9 Å². The lowest BCUT2D eigenvalue weighted by Crippen LogP contribution is -2.33. The summed E-state index contributed by atoms with van der Waals surface area (Å²) in [7, 11) is 0. The van der Waals surface area contributed by atoms with Crippen LogP contribution in [0.15, 0.2) is 36.4 Å². The molecule has 2 rings (SSSR count). The van der Waals surface area contributed by atoms with Crippen LogP contribution in [0.5, 0.6) is 5.75 Å². The van der Waals surface area contributed by atoms with Crippen LogP contribution < -0.4 is 5.32 Å². The third-order valence-electron chi connectivity index (χ3n) is 4.21. The van der Waals surface area contributed by atoms with Crippen LogP contribution in [0, 0.1) is 16.6 Å². The van der Waals surface area contributed by atoms with Crippen molar-refractivity contribution < 1.29 is 9.90 Å². The molecule has 1 amide bonds. The Hall–Kier alpha value is -0.1000. The zero-order chi connectivity index (χ0) is 18.6. The molecule has 0 saturated carbocycles. The maximum Gasteiger partial charge on any atom is 0.223 e. The van der Waals surface area contributed by atoms with Crippen molar-refractivity contribution in [3.63, 3.8) is 0 Å². The fraction of sp³-hybridized carbons (Fsp3) is 0.316. The van der Waals surface area contributed by atoms with E-state index in [0.717, 1.165) is 28.3 Å². The number of nitrogens with one attached hydrogen (secondary N) is 1. The van der Waals surface area contributed by atoms with Gasteiger partial charge in [0.15, 0.2) is 0 Å². The fourth-order valence-corrected chi connectivity index (χ4v) is 6.44. The average Bonchev–Trinajstić information content (AvgIpc) is 2.60. The molecule has 0 fully saturated rings. The first-order valence-electron chi connectivity index (χ1n) is 8.05. The first kappa shape index (κ1) is 21.2. The van der Waals surface area contributed by atoms with E-state index in [4.69, 9.17) is 0 Å². The fourth-order valence-electron chi connectivity index (χ4n) is 2.63. The van der Waals surface area contributed by atoms with Gasteiger partial charge in [-0.25, -0.2) is 0 Å². The first-order chi connectivity index (χ1) is 11.8. The molecule has 0 heterocycles. The van der Waals surface area contributed by atoms with Gasteiger partial charge in [0.05, 0.1) is 13.2 Å². The van der Waals surface area contributed by atoms with Crippen molar-refractivity contribution in [3.8, 4) is 5.75 Å². The van der Waals surface area contributed by atoms with Crippen LogP contribution in [0.25, 0.3) is 0 Å². The Balaban J connectivity index is 2.15. The number of hydrogen-bond donors (Lipinski definition) is 2. The Morgan fingerprint density at radius 3 is 2.40 bits per heavy atom. The van der Waals surface area contributed by atoms with Crippen LogP contribution in [-0.2, 0) is 11.2 Å². The molecule has 0 radical (unpaired) electrons. The lowest BCUT2D eigenvalue weighted by atomic mass is 9.95. The largest absolute Gasteiger partial charge is 0.506 e. The molecule has 0 aromatic heterocycles. The standard InChI is InChI=1S/C19H20I3NO2/c1-3-12(9-14-15(20)10-16(21)18(24)17(14)22)19(25)23-11(2)13-7-5-4-6-8-13/h4-8,10-12,24H,3,9H2,1-2H3,(H,23,25)/t11-,12-/m0/s1. The molecule has 0 bridgehead atoms. The van der Waals surface area contributed by atoms with Gasteiger partial charge in [-0.05, 0) is 105 Å². The van der Waals surface area contributed by atoms with Gasteiger partial charge in [0.1, 0.15) is 5.75 Å². The molecule has 3 nitrogen and oxygen atoms in total. The van der Waals surface area contributed by atoms with Gasteiger partial charge in [0.2, 0.25) is 5.91 Å². The average molecular weight is 675 g/mol. The molecule has 0 aliphatic rings. The molecule has 0 unspecified atom stereocenters. The molecular weight excluding hydrogens is 655 g/mol. The topological polar surface area (TPSA) is 49.3 Å². The van der Waals surface area contributed by atoms with Crippen LogP contribution in [0.4, 0.5) is 0 Å². The predicted molar refractivity (Wildman–Crippen MR) is 127 cm³/mol. The summed E-state index contributed by atoms with van der Waals surface area (Å²) in [4.78, 5) is 12.8. The second-order valence-electron chi connectivity index (χ2n) is 5.93. The summed E-state index contributed by atoms with van der Waals surface area (Å²) in [5, 5.41) is 13.3. The van der Waals surface area contributed by atoms with Crippen LogP contribution in [0.3, 0.4) is 0 Å². The van der Waals surface area contributed by atoms with E-state index in [9.17, 15) is 9.90 Å². The number of amides is 1. The molecule has 2 N–H and O–H groups in total. The Morgan fingerprint density at radius 1 is 1.16 bits per heavy atom. The van der Waals surface area contributed by atoms with Gasteiger partial charge in [-0.15, -0.1) is 0 Å². The Labute approximate surface area is 189 Å². The van der Waals surface area contributed by atoms with Crippen LogP contribution in [0.2, 0.25) is 0 Å². The van der Waals surface area contributed by atoms with E-state index in [1.807, 2.05) is 50.2 Å². The number of phenols is 1. The molecule has 2 aromatic rings. The van der Waals surface area contributed by atoms with Gasteiger partial charge in [0, 0.05) is 9.49 Å². The quantitative estimate of drug-likeness (QED) is 0.390. The van der Waals surface area contributed by atoms with Gasteiger partial charge < -0.3 is 10.4 Å². The maximum atomic E-state index is 12.8. The molecule has 134 valence electrons. The van der Waals surface area contributed by atoms with Gasteiger partial charge >= 0.3 is 0 Å². The van der Waals surface area contributed by atoms with Crippen molar-refractivity contribution in [1.82, 2.24) is 5.32 Å². The van der Waals surface area contributed by atoms with Crippen molar-refractivity contribution in [3.05, 3.63) is 58.2 Å². The van der Waals surface area contributed by atoms with Gasteiger partial charge in [-0.1, -0.05) is 37.3 Å². The summed E-state index contributed by atoms with van der Waals surface area (Å²) in [6, 6.07) is 11.9. The lowest BCUT2D eigenvalue weighted by molar-refractivity contribution is -0.125. The Kier molecular flexibility index (Phi) is 8.25. The number of benzene rings is 2. The summed E-state index contributed by atoms with van der Waals surface area (Å²) >= 11 is 6.59. The molecule has 0 saturated heterocycles. The van der Waals surface area contributed by atoms with Crippen molar-refractivity contribution in [2.75, 3.05) is 0 Å². The molecule has 0 aliphatic heterocycles. The van der Waals surface area contributed by atoms with Crippen molar-refractivity contribution in [2.24, 2.45) is 5.92 Å². The summed E-state index contributed by atoms with van der Waals surface area (Å²) in [5.74, 6) is 0.251. The van der Waals surface area contributed by atoms with Crippen molar-refractivity contribution in [2.45, 2.75) is 32.7 Å². The van der Waals surface area contributed by atoms with Crippen LogP contribution in [-0.4, -0.2) is 11.0 Å². The third kappa shape index (κ3) is 5.44. The number of aromatic hydroxyl groups is 1. The summed E-state index contributed by atoms with van der Waals surface area (Å²) in [5.41, 5.74) is 2.15. The molecular formula is C19H20I3NO2. The van der Waals surface area contributed by atoms with E-state index in [0.29, 0.717) is 12.2 Å². The highest BCUT2D eigenvalue weighted by Gasteiger charge is 2.23. The zero-order valence-electron chi connectivity index (χ0n) is 14.0. The van der Waals surface area contributed by atoms with Crippen LogP contribution in [0.1, 0.15) is 37.4 Å². The molecule has 6 heteroatoms. The smallest absolute Gasteiger partial charge is 0.223 e. The highest BCUT2D eigenvalue weighted by Crippen LogP contribution is 2.34. The highest BCUT2D eigenvalue weighted by molar-refractivity contribution is 14.1. The summed E-state index contributed by atoms with van der Waals surface area (Å²) < 4.78 is 2.77. The highest BCUT2D eigenvalue weighted by atomic mass is 127. The normalized spacial score (nSPS) is 13.3. The second-order valence-corrected chi connectivity index (χ2v) is 9.33. The lowest BCUT2D eigenvalue weighted by Gasteiger charge is -2.21. The zero-order valence-corrected chi connectivity index (χ0v) is 20.5. The van der Waals surface area contributed by atoms with E-state index < -0.39 is 0 Å². The van der Waals surface area contributed by atoms with E-state index >= 15 is 0 Å². The minimum Gasteiger partial charge on any atom is -0.506 e. The Bertz CT molecular complexity index is 750. The monoisotopic (exact) mass is 675 g/mol. The third-order valence-corrected chi connectivity index (χ3v) is 7.16. The predicted octanol–water partition coefficient (Wildman–Crippen LogP) is 5.65. The number of hydrogen-bond acceptors (Lipinski definition) is 2. The molecule has 25 heavy (non-hydrogen) atoms. The number of carbonyl (C=O) groups excluding carboxylic acids is 1. The number of rotatable bonds is 6. The van der Waals surface area contributed by atoms with Gasteiger partial charge in [0.25, 0.3) is 0 Å². The van der Waals surface area contributed by atoms with Crippen molar-refractivity contribution >= 4 is 73.7 Å².